The van der Waals surface area contributed by atoms with E-state index in [1.54, 1.807) is 12.0 Å². The van der Waals surface area contributed by atoms with Crippen molar-refractivity contribution in [3.8, 4) is 5.75 Å². The minimum Gasteiger partial charge on any atom is -0.496 e. The Labute approximate surface area is 197 Å². The van der Waals surface area contributed by atoms with Crippen LogP contribution in [0.25, 0.3) is 10.9 Å². The molecule has 0 bridgehead atoms. The average molecular weight is 452 g/mol. The van der Waals surface area contributed by atoms with Crippen molar-refractivity contribution in [1.29, 1.82) is 0 Å². The number of para-hydroxylation sites is 2. The summed E-state index contributed by atoms with van der Waals surface area (Å²) in [6, 6.07) is 25.4. The molecule has 0 unspecified atom stereocenters. The van der Waals surface area contributed by atoms with Crippen molar-refractivity contribution < 1.29 is 14.3 Å². The van der Waals surface area contributed by atoms with Gasteiger partial charge in [-0.15, -0.1) is 0 Å². The van der Waals surface area contributed by atoms with Crippen LogP contribution in [0.15, 0.2) is 78.9 Å². The van der Waals surface area contributed by atoms with Crippen LogP contribution in [0.2, 0.25) is 0 Å². The van der Waals surface area contributed by atoms with E-state index < -0.39 is 5.54 Å². The first-order valence-electron chi connectivity index (χ1n) is 11.5. The predicted octanol–water partition coefficient (Wildman–Crippen LogP) is 5.00. The van der Waals surface area contributed by atoms with Crippen molar-refractivity contribution in [3.05, 3.63) is 101 Å². The largest absolute Gasteiger partial charge is 0.496 e. The average Bonchev–Trinajstić information content (AvgIpc) is 3.35. The molecule has 2 atom stereocenters. The first-order chi connectivity index (χ1) is 16.5. The summed E-state index contributed by atoms with van der Waals surface area (Å²) in [5, 5.41) is 1.07. The van der Waals surface area contributed by atoms with Gasteiger partial charge in [0, 0.05) is 28.9 Å². The van der Waals surface area contributed by atoms with Gasteiger partial charge in [0.2, 0.25) is 0 Å². The SMILES string of the molecule is COc1ccccc1[C@H]1CN2C(=O)N(Cc3ccccc3)C(=O)[C@]2(C)c2[nH]c3ccccc3c21. The highest BCUT2D eigenvalue weighted by molar-refractivity contribution is 6.08. The number of nitrogens with one attached hydrogen (secondary N) is 1. The van der Waals surface area contributed by atoms with E-state index in [2.05, 4.69) is 11.1 Å². The highest BCUT2D eigenvalue weighted by Gasteiger charge is 2.60. The number of ether oxygens (including phenoxy) is 1. The Balaban J connectivity index is 1.55. The third-order valence-corrected chi connectivity index (χ3v) is 7.31. The summed E-state index contributed by atoms with van der Waals surface area (Å²) in [5.74, 6) is 0.433. The van der Waals surface area contributed by atoms with Crippen LogP contribution in [-0.4, -0.2) is 40.4 Å². The van der Waals surface area contributed by atoms with E-state index in [0.717, 1.165) is 39.0 Å². The number of methoxy groups -OCH3 is 1. The van der Waals surface area contributed by atoms with E-state index in [9.17, 15) is 9.59 Å². The summed E-state index contributed by atoms with van der Waals surface area (Å²) in [5.41, 5.74) is 3.62. The van der Waals surface area contributed by atoms with Gasteiger partial charge in [-0.25, -0.2) is 4.79 Å². The molecule has 0 spiro atoms. The molecule has 0 saturated carbocycles. The third kappa shape index (κ3) is 2.75. The lowest BCUT2D eigenvalue weighted by Crippen LogP contribution is -2.50. The predicted molar refractivity (Wildman–Crippen MR) is 130 cm³/mol. The van der Waals surface area contributed by atoms with Crippen LogP contribution >= 0.6 is 0 Å². The molecular formula is C28H25N3O3. The lowest BCUT2D eigenvalue weighted by atomic mass is 9.78. The molecule has 6 heteroatoms. The Bertz CT molecular complexity index is 1430. The monoisotopic (exact) mass is 451 g/mol. The van der Waals surface area contributed by atoms with Gasteiger partial charge in [0.25, 0.3) is 5.91 Å². The van der Waals surface area contributed by atoms with Crippen LogP contribution in [0, 0.1) is 0 Å². The van der Waals surface area contributed by atoms with E-state index in [-0.39, 0.29) is 24.4 Å². The number of H-pyrrole nitrogens is 1. The zero-order chi connectivity index (χ0) is 23.4. The number of carbonyl (C=O) groups excluding carboxylic acids is 2. The van der Waals surface area contributed by atoms with Crippen LogP contribution in [-0.2, 0) is 16.9 Å². The molecule has 1 aromatic heterocycles. The second kappa shape index (κ2) is 7.48. The highest BCUT2D eigenvalue weighted by atomic mass is 16.5. The smallest absolute Gasteiger partial charge is 0.328 e. The lowest BCUT2D eigenvalue weighted by molar-refractivity contribution is -0.133. The molecule has 3 aromatic carbocycles. The molecule has 170 valence electrons. The van der Waals surface area contributed by atoms with E-state index in [1.165, 1.54) is 4.90 Å². The Morgan fingerprint density at radius 3 is 2.47 bits per heavy atom. The minimum absolute atomic E-state index is 0.135. The number of hydrogen-bond donors (Lipinski definition) is 1. The molecule has 1 fully saturated rings. The van der Waals surface area contributed by atoms with Crippen molar-refractivity contribution in [2.24, 2.45) is 0 Å². The van der Waals surface area contributed by atoms with Crippen LogP contribution in [0.1, 0.15) is 35.2 Å². The molecule has 1 N–H and O–H groups in total. The number of benzene rings is 3. The zero-order valence-corrected chi connectivity index (χ0v) is 19.1. The standard InChI is InChI=1S/C28H25N3O3/c1-28-25-24(20-13-6-8-14-22(20)29-25)21(19-12-7-9-15-23(19)34-2)17-31(28)27(33)30(26(28)32)16-18-10-4-3-5-11-18/h3-15,21,29H,16-17H2,1-2H3/t21-,28+/m1/s1. The fraction of sp³-hybridized carbons (Fsp3) is 0.214. The number of nitrogens with zero attached hydrogens (tertiary/aromatic N) is 2. The van der Waals surface area contributed by atoms with Crippen molar-refractivity contribution in [2.45, 2.75) is 24.9 Å². The van der Waals surface area contributed by atoms with Gasteiger partial charge in [-0.1, -0.05) is 66.7 Å². The van der Waals surface area contributed by atoms with Crippen molar-refractivity contribution in [2.75, 3.05) is 13.7 Å². The maximum absolute atomic E-state index is 13.9. The summed E-state index contributed by atoms with van der Waals surface area (Å²) in [6.45, 7) is 2.51. The van der Waals surface area contributed by atoms with Crippen molar-refractivity contribution >= 4 is 22.8 Å². The molecule has 6 nitrogen and oxygen atoms in total. The first kappa shape index (κ1) is 20.5. The number of imide groups is 1. The number of amides is 3. The number of carbonyl (C=O) groups is 2. The Morgan fingerprint density at radius 1 is 0.971 bits per heavy atom. The van der Waals surface area contributed by atoms with Gasteiger partial charge < -0.3 is 14.6 Å². The topological polar surface area (TPSA) is 65.6 Å². The number of rotatable bonds is 4. The molecule has 0 radical (unpaired) electrons. The van der Waals surface area contributed by atoms with Gasteiger partial charge >= 0.3 is 6.03 Å². The molecule has 34 heavy (non-hydrogen) atoms. The van der Waals surface area contributed by atoms with E-state index in [0.29, 0.717) is 6.54 Å². The van der Waals surface area contributed by atoms with Gasteiger partial charge in [0.15, 0.2) is 5.54 Å². The van der Waals surface area contributed by atoms with Crippen LogP contribution in [0.3, 0.4) is 0 Å². The molecule has 3 heterocycles. The van der Waals surface area contributed by atoms with Gasteiger partial charge in [-0.05, 0) is 30.2 Å². The fourth-order valence-corrected chi connectivity index (χ4v) is 5.60. The molecule has 1 saturated heterocycles. The number of aromatic amines is 1. The summed E-state index contributed by atoms with van der Waals surface area (Å²) in [7, 11) is 1.66. The Kier molecular flexibility index (Phi) is 4.52. The van der Waals surface area contributed by atoms with Crippen LogP contribution in [0.4, 0.5) is 4.79 Å². The van der Waals surface area contributed by atoms with Crippen LogP contribution in [0.5, 0.6) is 5.75 Å². The Hall–Kier alpha value is -4.06. The molecule has 2 aliphatic rings. The van der Waals surface area contributed by atoms with Crippen molar-refractivity contribution in [1.82, 2.24) is 14.8 Å². The first-order valence-corrected chi connectivity index (χ1v) is 11.5. The van der Waals surface area contributed by atoms with Gasteiger partial charge in [-0.2, -0.15) is 0 Å². The molecular weight excluding hydrogens is 426 g/mol. The lowest BCUT2D eigenvalue weighted by Gasteiger charge is -2.40. The normalized spacial score (nSPS) is 21.6. The maximum atomic E-state index is 13.9. The number of hydrogen-bond acceptors (Lipinski definition) is 3. The second-order valence-electron chi connectivity index (χ2n) is 9.10. The minimum atomic E-state index is -1.10. The summed E-state index contributed by atoms with van der Waals surface area (Å²) < 4.78 is 5.70. The molecule has 2 aliphatic heterocycles. The van der Waals surface area contributed by atoms with Gasteiger partial charge in [0.05, 0.1) is 19.3 Å². The van der Waals surface area contributed by atoms with E-state index in [1.807, 2.05) is 79.7 Å². The van der Waals surface area contributed by atoms with E-state index >= 15 is 0 Å². The van der Waals surface area contributed by atoms with Crippen molar-refractivity contribution in [3.63, 3.8) is 0 Å². The number of urea groups is 1. The number of fused-ring (bicyclic) bond motifs is 5. The summed E-state index contributed by atoms with van der Waals surface area (Å²) >= 11 is 0. The van der Waals surface area contributed by atoms with E-state index in [4.69, 9.17) is 4.74 Å². The highest BCUT2D eigenvalue weighted by Crippen LogP contribution is 2.50. The Morgan fingerprint density at radius 2 is 1.68 bits per heavy atom. The fourth-order valence-electron chi connectivity index (χ4n) is 5.60. The third-order valence-electron chi connectivity index (χ3n) is 7.31. The quantitative estimate of drug-likeness (QED) is 0.444. The summed E-state index contributed by atoms with van der Waals surface area (Å²) in [4.78, 5) is 34.2. The molecule has 4 aromatic rings. The second-order valence-corrected chi connectivity index (χ2v) is 9.10. The zero-order valence-electron chi connectivity index (χ0n) is 19.1. The van der Waals surface area contributed by atoms with Crippen LogP contribution < -0.4 is 4.74 Å². The molecule has 3 amide bonds. The molecule has 6 rings (SSSR count). The number of aromatic nitrogens is 1. The van der Waals surface area contributed by atoms with Gasteiger partial charge in [-0.3, -0.25) is 9.69 Å². The van der Waals surface area contributed by atoms with Gasteiger partial charge in [0.1, 0.15) is 5.75 Å². The summed E-state index contributed by atoms with van der Waals surface area (Å²) in [6.07, 6.45) is 0. The molecule has 0 aliphatic carbocycles. The maximum Gasteiger partial charge on any atom is 0.328 e.